The average molecular weight is 319 g/mol. The zero-order valence-electron chi connectivity index (χ0n) is 12.5. The Kier molecular flexibility index (Phi) is 3.19. The van der Waals surface area contributed by atoms with E-state index in [-0.39, 0.29) is 30.3 Å². The minimum absolute atomic E-state index is 0.0212. The number of nitrogens with one attached hydrogen (secondary N) is 1. The van der Waals surface area contributed by atoms with E-state index in [0.29, 0.717) is 16.9 Å². The van der Waals surface area contributed by atoms with E-state index in [0.717, 1.165) is 30.5 Å². The predicted octanol–water partition coefficient (Wildman–Crippen LogP) is 3.05. The van der Waals surface area contributed by atoms with Gasteiger partial charge in [0.25, 0.3) is 0 Å². The molecule has 4 atom stereocenters. The molecule has 116 valence electrons. The van der Waals surface area contributed by atoms with Crippen molar-refractivity contribution in [3.8, 4) is 0 Å². The third-order valence-electron chi connectivity index (χ3n) is 5.63. The lowest BCUT2D eigenvalue weighted by atomic mass is 9.81. The molecule has 0 unspecified atom stereocenters. The first-order chi connectivity index (χ1) is 10.6. The van der Waals surface area contributed by atoms with Gasteiger partial charge in [0, 0.05) is 10.7 Å². The molecule has 3 aliphatic rings. The van der Waals surface area contributed by atoms with Crippen LogP contribution < -0.4 is 5.32 Å². The van der Waals surface area contributed by atoms with Crippen molar-refractivity contribution in [3.05, 3.63) is 28.8 Å². The number of anilines is 1. The maximum Gasteiger partial charge on any atom is 0.234 e. The molecule has 2 amide bonds. The van der Waals surface area contributed by atoms with E-state index < -0.39 is 0 Å². The van der Waals surface area contributed by atoms with Crippen molar-refractivity contribution in [1.82, 2.24) is 4.90 Å². The Labute approximate surface area is 134 Å². The van der Waals surface area contributed by atoms with Crippen LogP contribution in [0.2, 0.25) is 5.02 Å². The van der Waals surface area contributed by atoms with Crippen LogP contribution in [0.3, 0.4) is 0 Å². The van der Waals surface area contributed by atoms with Crippen LogP contribution in [0, 0.1) is 30.6 Å². The fraction of sp³-hybridized carbons (Fsp3) is 0.529. The number of benzene rings is 1. The number of fused-ring (bicyclic) bond motifs is 5. The number of likely N-dealkylation sites (tertiary alicyclic amines) is 1. The van der Waals surface area contributed by atoms with Crippen molar-refractivity contribution in [1.29, 1.82) is 0 Å². The molecule has 0 aromatic heterocycles. The molecule has 0 radical (unpaired) electrons. The molecule has 5 heteroatoms. The lowest BCUT2D eigenvalue weighted by Gasteiger charge is -2.19. The number of hydrogen-bond donors (Lipinski definition) is 1. The Hall–Kier alpha value is -1.55. The Morgan fingerprint density at radius 1 is 1.18 bits per heavy atom. The molecule has 2 aliphatic carbocycles. The maximum atomic E-state index is 12.6. The molecular weight excluding hydrogens is 300 g/mol. The number of aryl methyl sites for hydroxylation is 1. The van der Waals surface area contributed by atoms with Crippen molar-refractivity contribution >= 4 is 29.1 Å². The summed E-state index contributed by atoms with van der Waals surface area (Å²) in [6.45, 7) is 2.18. The second-order valence-electron chi connectivity index (χ2n) is 6.79. The Morgan fingerprint density at radius 3 is 2.41 bits per heavy atom. The molecule has 1 saturated heterocycles. The number of imide groups is 1. The van der Waals surface area contributed by atoms with Crippen molar-refractivity contribution in [2.45, 2.75) is 26.2 Å². The first kappa shape index (κ1) is 14.1. The van der Waals surface area contributed by atoms with Gasteiger partial charge in [0.15, 0.2) is 0 Å². The zero-order chi connectivity index (χ0) is 15.4. The Morgan fingerprint density at radius 2 is 1.82 bits per heavy atom. The summed E-state index contributed by atoms with van der Waals surface area (Å²) >= 11 is 6.10. The highest BCUT2D eigenvalue weighted by Gasteiger charge is 2.60. The molecule has 1 aliphatic heterocycles. The summed E-state index contributed by atoms with van der Waals surface area (Å²) in [5.74, 6) is 0.820. The smallest absolute Gasteiger partial charge is 0.234 e. The van der Waals surface area contributed by atoms with Crippen molar-refractivity contribution in [2.24, 2.45) is 23.7 Å². The highest BCUT2D eigenvalue weighted by Crippen LogP contribution is 2.56. The second-order valence-corrected chi connectivity index (χ2v) is 7.20. The number of amides is 2. The summed E-state index contributed by atoms with van der Waals surface area (Å²) in [4.78, 5) is 26.5. The summed E-state index contributed by atoms with van der Waals surface area (Å²) in [6.07, 6.45) is 3.29. The summed E-state index contributed by atoms with van der Waals surface area (Å²) in [5.41, 5.74) is 1.84. The van der Waals surface area contributed by atoms with Crippen molar-refractivity contribution < 1.29 is 9.59 Å². The molecule has 2 bridgehead atoms. The van der Waals surface area contributed by atoms with Gasteiger partial charge in [0.2, 0.25) is 11.8 Å². The summed E-state index contributed by atoms with van der Waals surface area (Å²) in [5, 5.41) is 3.83. The molecule has 1 aromatic rings. The molecule has 1 N–H and O–H groups in total. The van der Waals surface area contributed by atoms with E-state index in [1.807, 2.05) is 25.1 Å². The molecule has 1 aromatic carbocycles. The molecule has 0 spiro atoms. The fourth-order valence-electron chi connectivity index (χ4n) is 4.50. The molecular formula is C17H19ClN2O2. The largest absolute Gasteiger partial charge is 0.367 e. The van der Waals surface area contributed by atoms with Gasteiger partial charge in [-0.05, 0) is 55.7 Å². The number of hydrogen-bond acceptors (Lipinski definition) is 3. The molecule has 4 nitrogen and oxygen atoms in total. The predicted molar refractivity (Wildman–Crippen MR) is 84.3 cm³/mol. The summed E-state index contributed by atoms with van der Waals surface area (Å²) in [7, 11) is 0. The standard InChI is InChI=1S/C17H19ClN2O2/c1-9-2-5-12(7-13(9)18)19-8-20-16(21)14-10-3-4-11(6-10)15(14)17(20)22/h2,5,7,10-11,14-15,19H,3-4,6,8H2,1H3/t10-,11-,14+,15+/m1/s1. The number of halogens is 1. The highest BCUT2D eigenvalue weighted by molar-refractivity contribution is 6.31. The van der Waals surface area contributed by atoms with E-state index in [1.54, 1.807) is 0 Å². The van der Waals surface area contributed by atoms with E-state index in [2.05, 4.69) is 5.32 Å². The average Bonchev–Trinajstić information content (AvgIpc) is 3.16. The fourth-order valence-corrected chi connectivity index (χ4v) is 4.68. The second kappa shape index (κ2) is 4.98. The SMILES string of the molecule is Cc1ccc(NCN2C(=O)[C@H]3[C@@H]4CC[C@H](C4)[C@@H]3C2=O)cc1Cl. The van der Waals surface area contributed by atoms with Gasteiger partial charge in [-0.2, -0.15) is 0 Å². The van der Waals surface area contributed by atoms with Crippen LogP contribution in [0.4, 0.5) is 5.69 Å². The van der Waals surface area contributed by atoms with Gasteiger partial charge in [-0.15, -0.1) is 0 Å². The lowest BCUT2D eigenvalue weighted by molar-refractivity contribution is -0.140. The van der Waals surface area contributed by atoms with Crippen LogP contribution in [-0.2, 0) is 9.59 Å². The maximum absolute atomic E-state index is 12.6. The minimum Gasteiger partial charge on any atom is -0.367 e. The molecule has 1 heterocycles. The van der Waals surface area contributed by atoms with Gasteiger partial charge in [-0.25, -0.2) is 0 Å². The first-order valence-electron chi connectivity index (χ1n) is 7.91. The topological polar surface area (TPSA) is 49.4 Å². The van der Waals surface area contributed by atoms with Gasteiger partial charge in [0.05, 0.1) is 18.5 Å². The molecule has 4 rings (SSSR count). The summed E-state index contributed by atoms with van der Waals surface area (Å²) < 4.78 is 0. The van der Waals surface area contributed by atoms with E-state index in [4.69, 9.17) is 11.6 Å². The Balaban J connectivity index is 1.48. The minimum atomic E-state index is -0.0466. The van der Waals surface area contributed by atoms with E-state index in [1.165, 1.54) is 4.90 Å². The molecule has 3 fully saturated rings. The highest BCUT2D eigenvalue weighted by atomic mass is 35.5. The Bertz CT molecular complexity index is 632. The lowest BCUT2D eigenvalue weighted by Crippen LogP contribution is -2.36. The van der Waals surface area contributed by atoms with E-state index in [9.17, 15) is 9.59 Å². The molecule has 2 saturated carbocycles. The van der Waals surface area contributed by atoms with Crippen molar-refractivity contribution in [2.75, 3.05) is 12.0 Å². The third-order valence-corrected chi connectivity index (χ3v) is 6.04. The van der Waals surface area contributed by atoms with E-state index >= 15 is 0 Å². The number of carbonyl (C=O) groups is 2. The van der Waals surface area contributed by atoms with Gasteiger partial charge in [-0.3, -0.25) is 14.5 Å². The number of nitrogens with zero attached hydrogens (tertiary/aromatic N) is 1. The first-order valence-corrected chi connectivity index (χ1v) is 8.29. The number of rotatable bonds is 3. The van der Waals surface area contributed by atoms with Crippen LogP contribution in [-0.4, -0.2) is 23.4 Å². The quantitative estimate of drug-likeness (QED) is 0.871. The van der Waals surface area contributed by atoms with Crippen LogP contribution in [0.1, 0.15) is 24.8 Å². The molecule has 22 heavy (non-hydrogen) atoms. The normalized spacial score (nSPS) is 32.7. The third kappa shape index (κ3) is 1.97. The number of carbonyl (C=O) groups excluding carboxylic acids is 2. The van der Waals surface area contributed by atoms with Crippen LogP contribution in [0.25, 0.3) is 0 Å². The van der Waals surface area contributed by atoms with Crippen LogP contribution >= 0.6 is 11.6 Å². The van der Waals surface area contributed by atoms with Crippen molar-refractivity contribution in [3.63, 3.8) is 0 Å². The van der Waals surface area contributed by atoms with Gasteiger partial charge >= 0.3 is 0 Å². The zero-order valence-corrected chi connectivity index (χ0v) is 13.3. The summed E-state index contributed by atoms with van der Waals surface area (Å²) in [6, 6.07) is 5.66. The monoisotopic (exact) mass is 318 g/mol. The van der Waals surface area contributed by atoms with Crippen LogP contribution in [0.5, 0.6) is 0 Å². The van der Waals surface area contributed by atoms with Gasteiger partial charge in [0.1, 0.15) is 0 Å². The van der Waals surface area contributed by atoms with Crippen LogP contribution in [0.15, 0.2) is 18.2 Å². The van der Waals surface area contributed by atoms with Gasteiger partial charge < -0.3 is 5.32 Å². The van der Waals surface area contributed by atoms with Gasteiger partial charge in [-0.1, -0.05) is 17.7 Å².